The topological polar surface area (TPSA) is 73.9 Å². The Morgan fingerprint density at radius 3 is 2.42 bits per heavy atom. The van der Waals surface area contributed by atoms with Crippen molar-refractivity contribution in [3.05, 3.63) is 30.1 Å². The lowest BCUT2D eigenvalue weighted by Crippen LogP contribution is -2.42. The number of hydrogen-bond donors (Lipinski definition) is 2. The Balaban J connectivity index is 1.61. The van der Waals surface area contributed by atoms with Gasteiger partial charge in [-0.25, -0.2) is 4.98 Å². The van der Waals surface area contributed by atoms with Gasteiger partial charge in [0.2, 0.25) is 5.91 Å². The van der Waals surface area contributed by atoms with Crippen LogP contribution >= 0.6 is 0 Å². The summed E-state index contributed by atoms with van der Waals surface area (Å²) in [5.41, 5.74) is 1.73. The quantitative estimate of drug-likeness (QED) is 0.905. The SMILES string of the molecule is Cc1nc(-c2ccc(NC(=O)C(C)N3CCCCCC3)cc2)n[nH]1. The van der Waals surface area contributed by atoms with Crippen LogP contribution in [0, 0.1) is 6.92 Å². The Hall–Kier alpha value is -2.21. The third-order valence-electron chi connectivity index (χ3n) is 4.58. The molecule has 6 nitrogen and oxygen atoms in total. The number of carbonyl (C=O) groups excluding carboxylic acids is 1. The summed E-state index contributed by atoms with van der Waals surface area (Å²) >= 11 is 0. The lowest BCUT2D eigenvalue weighted by Gasteiger charge is -2.26. The first-order valence-electron chi connectivity index (χ1n) is 8.68. The van der Waals surface area contributed by atoms with E-state index in [0.29, 0.717) is 5.82 Å². The molecule has 2 aromatic rings. The fourth-order valence-electron chi connectivity index (χ4n) is 3.07. The molecule has 128 valence electrons. The van der Waals surface area contributed by atoms with Gasteiger partial charge in [0, 0.05) is 11.3 Å². The summed E-state index contributed by atoms with van der Waals surface area (Å²) in [6.07, 6.45) is 4.91. The van der Waals surface area contributed by atoms with Crippen LogP contribution in [0.1, 0.15) is 38.4 Å². The van der Waals surface area contributed by atoms with Crippen molar-refractivity contribution in [3.8, 4) is 11.4 Å². The van der Waals surface area contributed by atoms with Crippen molar-refractivity contribution < 1.29 is 4.79 Å². The standard InChI is InChI=1S/C18H25N5O/c1-13(23-11-5-3-4-6-12-23)18(24)20-16-9-7-15(8-10-16)17-19-14(2)21-22-17/h7-10,13H,3-6,11-12H2,1-2H3,(H,20,24)(H,19,21,22). The molecule has 0 radical (unpaired) electrons. The van der Waals surface area contributed by atoms with Crippen LogP contribution in [0.25, 0.3) is 11.4 Å². The molecule has 1 aromatic heterocycles. The summed E-state index contributed by atoms with van der Waals surface area (Å²) in [4.78, 5) is 19.1. The van der Waals surface area contributed by atoms with Crippen LogP contribution < -0.4 is 5.32 Å². The van der Waals surface area contributed by atoms with Gasteiger partial charge in [-0.15, -0.1) is 0 Å². The molecule has 0 saturated carbocycles. The molecule has 2 N–H and O–H groups in total. The lowest BCUT2D eigenvalue weighted by atomic mass is 10.2. The van der Waals surface area contributed by atoms with Gasteiger partial charge in [-0.1, -0.05) is 12.8 Å². The van der Waals surface area contributed by atoms with Crippen LogP contribution in [0.2, 0.25) is 0 Å². The highest BCUT2D eigenvalue weighted by molar-refractivity contribution is 5.94. The number of rotatable bonds is 4. The van der Waals surface area contributed by atoms with E-state index in [2.05, 4.69) is 25.4 Å². The summed E-state index contributed by atoms with van der Waals surface area (Å²) in [6, 6.07) is 7.55. The van der Waals surface area contributed by atoms with Gasteiger partial charge >= 0.3 is 0 Å². The molecule has 1 fully saturated rings. The Morgan fingerprint density at radius 1 is 1.17 bits per heavy atom. The maximum absolute atomic E-state index is 12.5. The molecule has 24 heavy (non-hydrogen) atoms. The molecule has 0 bridgehead atoms. The fraction of sp³-hybridized carbons (Fsp3) is 0.500. The van der Waals surface area contributed by atoms with E-state index in [-0.39, 0.29) is 11.9 Å². The number of anilines is 1. The molecule has 0 spiro atoms. The first-order valence-corrected chi connectivity index (χ1v) is 8.68. The van der Waals surface area contributed by atoms with Crippen molar-refractivity contribution in [1.82, 2.24) is 20.1 Å². The minimum Gasteiger partial charge on any atom is -0.325 e. The summed E-state index contributed by atoms with van der Waals surface area (Å²) in [6.45, 7) is 5.89. The van der Waals surface area contributed by atoms with Crippen LogP contribution in [-0.2, 0) is 4.79 Å². The molecular formula is C18H25N5O. The highest BCUT2D eigenvalue weighted by atomic mass is 16.2. The molecule has 1 saturated heterocycles. The number of hydrogen-bond acceptors (Lipinski definition) is 4. The van der Waals surface area contributed by atoms with Crippen LogP contribution in [0.5, 0.6) is 0 Å². The van der Waals surface area contributed by atoms with E-state index in [4.69, 9.17) is 0 Å². The number of aromatic amines is 1. The zero-order chi connectivity index (χ0) is 16.9. The van der Waals surface area contributed by atoms with E-state index in [9.17, 15) is 4.79 Å². The largest absolute Gasteiger partial charge is 0.325 e. The van der Waals surface area contributed by atoms with Gasteiger partial charge < -0.3 is 5.32 Å². The number of aryl methyl sites for hydroxylation is 1. The van der Waals surface area contributed by atoms with Gasteiger partial charge in [0.15, 0.2) is 5.82 Å². The molecule has 3 rings (SSSR count). The van der Waals surface area contributed by atoms with Crippen molar-refractivity contribution in [3.63, 3.8) is 0 Å². The number of aromatic nitrogens is 3. The van der Waals surface area contributed by atoms with Crippen molar-refractivity contribution in [1.29, 1.82) is 0 Å². The van der Waals surface area contributed by atoms with E-state index in [1.54, 1.807) is 0 Å². The first kappa shape index (κ1) is 16.6. The van der Waals surface area contributed by atoms with Gasteiger partial charge in [-0.3, -0.25) is 14.8 Å². The molecule has 0 aliphatic carbocycles. The molecular weight excluding hydrogens is 302 g/mol. The second kappa shape index (κ2) is 7.57. The number of carbonyl (C=O) groups is 1. The fourth-order valence-corrected chi connectivity index (χ4v) is 3.07. The van der Waals surface area contributed by atoms with Crippen molar-refractivity contribution in [2.24, 2.45) is 0 Å². The summed E-state index contributed by atoms with van der Waals surface area (Å²) < 4.78 is 0. The van der Waals surface area contributed by atoms with E-state index >= 15 is 0 Å². The highest BCUT2D eigenvalue weighted by Gasteiger charge is 2.22. The summed E-state index contributed by atoms with van der Waals surface area (Å²) in [5.74, 6) is 1.51. The lowest BCUT2D eigenvalue weighted by molar-refractivity contribution is -0.120. The van der Waals surface area contributed by atoms with Gasteiger partial charge in [-0.2, -0.15) is 5.10 Å². The van der Waals surface area contributed by atoms with E-state index in [1.807, 2.05) is 38.1 Å². The van der Waals surface area contributed by atoms with Crippen LogP contribution in [-0.4, -0.2) is 45.1 Å². The summed E-state index contributed by atoms with van der Waals surface area (Å²) in [7, 11) is 0. The van der Waals surface area contributed by atoms with Gasteiger partial charge in [0.25, 0.3) is 0 Å². The zero-order valence-electron chi connectivity index (χ0n) is 14.4. The van der Waals surface area contributed by atoms with Crippen molar-refractivity contribution >= 4 is 11.6 Å². The van der Waals surface area contributed by atoms with Gasteiger partial charge in [0.1, 0.15) is 5.82 Å². The zero-order valence-corrected chi connectivity index (χ0v) is 14.4. The Bertz CT molecular complexity index is 671. The molecule has 2 heterocycles. The second-order valence-electron chi connectivity index (χ2n) is 6.44. The van der Waals surface area contributed by atoms with E-state index in [1.165, 1.54) is 25.7 Å². The molecule has 1 atom stereocenters. The minimum atomic E-state index is -0.0987. The number of amides is 1. The molecule has 1 aliphatic heterocycles. The molecule has 6 heteroatoms. The predicted molar refractivity (Wildman–Crippen MR) is 94.7 cm³/mol. The average Bonchev–Trinajstić information content (AvgIpc) is 2.85. The monoisotopic (exact) mass is 327 g/mol. The van der Waals surface area contributed by atoms with Crippen molar-refractivity contribution in [2.45, 2.75) is 45.6 Å². The average molecular weight is 327 g/mol. The van der Waals surface area contributed by atoms with Crippen LogP contribution in [0.15, 0.2) is 24.3 Å². The smallest absolute Gasteiger partial charge is 0.241 e. The number of nitrogens with zero attached hydrogens (tertiary/aromatic N) is 3. The number of nitrogens with one attached hydrogen (secondary N) is 2. The van der Waals surface area contributed by atoms with Crippen LogP contribution in [0.4, 0.5) is 5.69 Å². The van der Waals surface area contributed by atoms with E-state index < -0.39 is 0 Å². The van der Waals surface area contributed by atoms with Crippen LogP contribution in [0.3, 0.4) is 0 Å². The maximum atomic E-state index is 12.5. The number of H-pyrrole nitrogens is 1. The van der Waals surface area contributed by atoms with Crippen molar-refractivity contribution in [2.75, 3.05) is 18.4 Å². The highest BCUT2D eigenvalue weighted by Crippen LogP contribution is 2.19. The first-order chi connectivity index (χ1) is 11.6. The minimum absolute atomic E-state index is 0.0541. The Kier molecular flexibility index (Phi) is 5.25. The van der Waals surface area contributed by atoms with Gasteiger partial charge in [0.05, 0.1) is 6.04 Å². The van der Waals surface area contributed by atoms with Gasteiger partial charge in [-0.05, 0) is 64.0 Å². The second-order valence-corrected chi connectivity index (χ2v) is 6.44. The number of benzene rings is 1. The predicted octanol–water partition coefficient (Wildman–Crippen LogP) is 2.98. The molecule has 1 aromatic carbocycles. The molecule has 1 aliphatic rings. The molecule has 1 amide bonds. The van der Waals surface area contributed by atoms with E-state index in [0.717, 1.165) is 30.2 Å². The Morgan fingerprint density at radius 2 is 1.83 bits per heavy atom. The number of likely N-dealkylation sites (tertiary alicyclic amines) is 1. The Labute approximate surface area is 142 Å². The molecule has 1 unspecified atom stereocenters. The normalized spacial score (nSPS) is 17.2. The summed E-state index contributed by atoms with van der Waals surface area (Å²) in [5, 5.41) is 9.99. The maximum Gasteiger partial charge on any atom is 0.241 e. The third kappa shape index (κ3) is 4.00. The third-order valence-corrected chi connectivity index (χ3v) is 4.58.